The van der Waals surface area contributed by atoms with Gasteiger partial charge in [-0.25, -0.2) is 9.78 Å². The van der Waals surface area contributed by atoms with Crippen molar-refractivity contribution in [2.24, 2.45) is 5.41 Å². The van der Waals surface area contributed by atoms with Crippen molar-refractivity contribution < 1.29 is 23.8 Å². The van der Waals surface area contributed by atoms with Crippen molar-refractivity contribution in [2.75, 3.05) is 31.7 Å². The summed E-state index contributed by atoms with van der Waals surface area (Å²) in [7, 11) is 0. The van der Waals surface area contributed by atoms with Gasteiger partial charge in [0, 0.05) is 12.7 Å². The van der Waals surface area contributed by atoms with Crippen LogP contribution in [0, 0.1) is 5.41 Å². The number of rotatable bonds is 15. The number of esters is 2. The molecule has 1 N–H and O–H groups in total. The molecule has 0 amide bonds. The number of carbonyl (C=O) groups excluding carboxylic acids is 2. The van der Waals surface area contributed by atoms with Crippen LogP contribution in [0.5, 0.6) is 5.75 Å². The van der Waals surface area contributed by atoms with Gasteiger partial charge in [0.2, 0.25) is 0 Å². The van der Waals surface area contributed by atoms with Crippen molar-refractivity contribution >= 4 is 17.8 Å². The molecule has 0 saturated carbocycles. The van der Waals surface area contributed by atoms with Crippen molar-refractivity contribution in [2.45, 2.75) is 59.8 Å². The standard InChI is InChI=1S/C27H38N2O5/c1-5-7-16-34-26(31)22-18-21(19-27(3,4)20-25(30)32-6-2)12-13-23(22)33-17-10-15-29-24-11-8-9-14-28-24/h8-9,11-14,18H,5-7,10,15-17,19-20H2,1-4H3,(H,28,29). The predicted octanol–water partition coefficient (Wildman–Crippen LogP) is 5.44. The van der Waals surface area contributed by atoms with E-state index in [0.29, 0.717) is 50.5 Å². The van der Waals surface area contributed by atoms with E-state index < -0.39 is 0 Å². The number of carbonyl (C=O) groups is 2. The Hall–Kier alpha value is -3.09. The number of aromatic nitrogens is 1. The van der Waals surface area contributed by atoms with E-state index >= 15 is 0 Å². The van der Waals surface area contributed by atoms with Gasteiger partial charge in [0.25, 0.3) is 0 Å². The van der Waals surface area contributed by atoms with E-state index in [9.17, 15) is 9.59 Å². The van der Waals surface area contributed by atoms with Crippen molar-refractivity contribution in [3.63, 3.8) is 0 Å². The lowest BCUT2D eigenvalue weighted by Crippen LogP contribution is -2.22. The molecule has 0 spiro atoms. The molecule has 2 aromatic rings. The Morgan fingerprint density at radius 3 is 2.56 bits per heavy atom. The lowest BCUT2D eigenvalue weighted by molar-refractivity contribution is -0.145. The van der Waals surface area contributed by atoms with Gasteiger partial charge in [0.1, 0.15) is 17.1 Å². The number of anilines is 1. The van der Waals surface area contributed by atoms with Gasteiger partial charge in [-0.1, -0.05) is 39.3 Å². The van der Waals surface area contributed by atoms with Crippen LogP contribution >= 0.6 is 0 Å². The molecule has 0 radical (unpaired) electrons. The number of hydrogen-bond donors (Lipinski definition) is 1. The van der Waals surface area contributed by atoms with Gasteiger partial charge in [-0.3, -0.25) is 4.79 Å². The number of nitrogens with zero attached hydrogens (tertiary/aromatic N) is 1. The van der Waals surface area contributed by atoms with Gasteiger partial charge in [0.15, 0.2) is 0 Å². The van der Waals surface area contributed by atoms with Crippen LogP contribution in [-0.4, -0.2) is 43.3 Å². The Labute approximate surface area is 203 Å². The van der Waals surface area contributed by atoms with Crippen LogP contribution in [0.25, 0.3) is 0 Å². The normalized spacial score (nSPS) is 11.1. The Morgan fingerprint density at radius 1 is 1.03 bits per heavy atom. The molecular weight excluding hydrogens is 432 g/mol. The summed E-state index contributed by atoms with van der Waals surface area (Å²) >= 11 is 0. The average molecular weight is 471 g/mol. The third kappa shape index (κ3) is 9.81. The molecule has 1 aromatic carbocycles. The quantitative estimate of drug-likeness (QED) is 0.274. The Kier molecular flexibility index (Phi) is 11.4. The van der Waals surface area contributed by atoms with Gasteiger partial charge >= 0.3 is 11.9 Å². The molecule has 0 bridgehead atoms. The molecule has 0 unspecified atom stereocenters. The van der Waals surface area contributed by atoms with E-state index in [0.717, 1.165) is 30.6 Å². The number of ether oxygens (including phenoxy) is 3. The fourth-order valence-electron chi connectivity index (χ4n) is 3.52. The zero-order valence-electron chi connectivity index (χ0n) is 20.9. The third-order valence-corrected chi connectivity index (χ3v) is 5.16. The minimum absolute atomic E-state index is 0.217. The third-order valence-electron chi connectivity index (χ3n) is 5.16. The largest absolute Gasteiger partial charge is 0.493 e. The number of unbranched alkanes of at least 4 members (excludes halogenated alkanes) is 1. The molecule has 0 fully saturated rings. The Balaban J connectivity index is 2.03. The van der Waals surface area contributed by atoms with Crippen LogP contribution in [-0.2, 0) is 20.7 Å². The molecule has 0 saturated heterocycles. The van der Waals surface area contributed by atoms with Crippen LogP contribution in [0.1, 0.15) is 69.3 Å². The number of nitrogens with one attached hydrogen (secondary N) is 1. The summed E-state index contributed by atoms with van der Waals surface area (Å²) in [6, 6.07) is 11.3. The maximum Gasteiger partial charge on any atom is 0.341 e. The summed E-state index contributed by atoms with van der Waals surface area (Å²) in [6.45, 7) is 9.77. The first-order chi connectivity index (χ1) is 16.3. The van der Waals surface area contributed by atoms with Gasteiger partial charge in [-0.05, 0) is 61.4 Å². The van der Waals surface area contributed by atoms with E-state index in [-0.39, 0.29) is 17.4 Å². The first kappa shape index (κ1) is 27.2. The molecule has 7 heteroatoms. The minimum Gasteiger partial charge on any atom is -0.493 e. The SMILES string of the molecule is CCCCOC(=O)c1cc(CC(C)(C)CC(=O)OCC)ccc1OCCCNc1ccccn1. The molecule has 186 valence electrons. The Bertz CT molecular complexity index is 899. The number of pyridine rings is 1. The molecule has 34 heavy (non-hydrogen) atoms. The average Bonchev–Trinajstić information content (AvgIpc) is 2.80. The summed E-state index contributed by atoms with van der Waals surface area (Å²) in [4.78, 5) is 29.0. The molecule has 2 rings (SSSR count). The lowest BCUT2D eigenvalue weighted by atomic mass is 9.82. The van der Waals surface area contributed by atoms with Crippen LogP contribution in [0.2, 0.25) is 0 Å². The minimum atomic E-state index is -0.389. The molecule has 0 aliphatic carbocycles. The topological polar surface area (TPSA) is 86.8 Å². The zero-order valence-corrected chi connectivity index (χ0v) is 20.9. The second-order valence-corrected chi connectivity index (χ2v) is 8.99. The monoisotopic (exact) mass is 470 g/mol. The van der Waals surface area contributed by atoms with Gasteiger partial charge in [-0.15, -0.1) is 0 Å². The first-order valence-corrected chi connectivity index (χ1v) is 12.1. The molecule has 0 atom stereocenters. The lowest BCUT2D eigenvalue weighted by Gasteiger charge is -2.24. The second-order valence-electron chi connectivity index (χ2n) is 8.99. The zero-order chi connectivity index (χ0) is 24.8. The summed E-state index contributed by atoms with van der Waals surface area (Å²) in [5.74, 6) is 0.717. The number of hydrogen-bond acceptors (Lipinski definition) is 7. The summed E-state index contributed by atoms with van der Waals surface area (Å²) in [5.41, 5.74) is 1.05. The van der Waals surface area contributed by atoms with Crippen LogP contribution in [0.3, 0.4) is 0 Å². The number of benzene rings is 1. The molecular formula is C27H38N2O5. The summed E-state index contributed by atoms with van der Waals surface area (Å²) < 4.78 is 16.5. The molecule has 1 aromatic heterocycles. The molecule has 1 heterocycles. The fourth-order valence-corrected chi connectivity index (χ4v) is 3.52. The molecule has 7 nitrogen and oxygen atoms in total. The van der Waals surface area contributed by atoms with E-state index in [2.05, 4.69) is 10.3 Å². The van der Waals surface area contributed by atoms with Crippen LogP contribution in [0.4, 0.5) is 5.82 Å². The smallest absolute Gasteiger partial charge is 0.341 e. The van der Waals surface area contributed by atoms with Crippen molar-refractivity contribution in [3.8, 4) is 5.75 Å². The summed E-state index contributed by atoms with van der Waals surface area (Å²) in [5, 5.41) is 3.24. The van der Waals surface area contributed by atoms with Crippen molar-refractivity contribution in [1.82, 2.24) is 4.98 Å². The van der Waals surface area contributed by atoms with Crippen molar-refractivity contribution in [1.29, 1.82) is 0 Å². The maximum atomic E-state index is 12.8. The van der Waals surface area contributed by atoms with E-state index in [4.69, 9.17) is 14.2 Å². The van der Waals surface area contributed by atoms with E-state index in [1.165, 1.54) is 0 Å². The highest BCUT2D eigenvalue weighted by atomic mass is 16.5. The predicted molar refractivity (Wildman–Crippen MR) is 133 cm³/mol. The molecule has 0 aliphatic rings. The van der Waals surface area contributed by atoms with Crippen molar-refractivity contribution in [3.05, 3.63) is 53.7 Å². The second kappa shape index (κ2) is 14.2. The maximum absolute atomic E-state index is 12.8. The van der Waals surface area contributed by atoms with Gasteiger partial charge in [-0.2, -0.15) is 0 Å². The van der Waals surface area contributed by atoms with Gasteiger partial charge in [0.05, 0.1) is 26.2 Å². The fraction of sp³-hybridized carbons (Fsp3) is 0.519. The van der Waals surface area contributed by atoms with E-state index in [1.54, 1.807) is 13.1 Å². The highest BCUT2D eigenvalue weighted by Crippen LogP contribution is 2.29. The highest BCUT2D eigenvalue weighted by molar-refractivity contribution is 5.92. The summed E-state index contributed by atoms with van der Waals surface area (Å²) in [6.07, 6.45) is 5.17. The Morgan fingerprint density at radius 2 is 1.85 bits per heavy atom. The molecule has 0 aliphatic heterocycles. The van der Waals surface area contributed by atoms with E-state index in [1.807, 2.05) is 57.2 Å². The first-order valence-electron chi connectivity index (χ1n) is 12.1. The highest BCUT2D eigenvalue weighted by Gasteiger charge is 2.25. The van der Waals surface area contributed by atoms with Gasteiger partial charge < -0.3 is 19.5 Å². The van der Waals surface area contributed by atoms with Crippen LogP contribution < -0.4 is 10.1 Å². The van der Waals surface area contributed by atoms with Crippen LogP contribution in [0.15, 0.2) is 42.6 Å².